The smallest absolute Gasteiger partial charge is 0.106 e. The molecule has 1 aromatic carbocycles. The van der Waals surface area contributed by atoms with Crippen molar-refractivity contribution in [2.75, 3.05) is 18.6 Å². The maximum Gasteiger partial charge on any atom is 0.106 e. The van der Waals surface area contributed by atoms with Crippen LogP contribution < -0.4 is 10.6 Å². The number of hydrogen-bond acceptors (Lipinski definition) is 3. The topological polar surface area (TPSA) is 49.5 Å². The van der Waals surface area contributed by atoms with Crippen LogP contribution in [0.15, 0.2) is 18.2 Å². The van der Waals surface area contributed by atoms with Gasteiger partial charge in [0.25, 0.3) is 0 Å². The van der Waals surface area contributed by atoms with E-state index in [2.05, 4.69) is 0 Å². The number of anilines is 1. The summed E-state index contributed by atoms with van der Waals surface area (Å²) in [5, 5.41) is 9.40. The molecular weight excluding hydrogens is 232 g/mol. The number of aliphatic hydroxyl groups excluding tert-OH is 1. The summed E-state index contributed by atoms with van der Waals surface area (Å²) in [7, 11) is 1.93. The second-order valence-corrected chi connectivity index (χ2v) is 5.35. The van der Waals surface area contributed by atoms with Crippen molar-refractivity contribution in [2.24, 2.45) is 5.73 Å². The molecule has 0 amide bonds. The van der Waals surface area contributed by atoms with Gasteiger partial charge < -0.3 is 15.7 Å². The van der Waals surface area contributed by atoms with E-state index in [1.54, 1.807) is 0 Å². The van der Waals surface area contributed by atoms with Crippen LogP contribution in [-0.4, -0.2) is 29.3 Å². The minimum Gasteiger partial charge on any atom is -0.394 e. The van der Waals surface area contributed by atoms with Crippen LogP contribution >= 0.6 is 12.2 Å². The number of benzene rings is 1. The van der Waals surface area contributed by atoms with E-state index in [0.29, 0.717) is 4.99 Å². The molecule has 0 saturated heterocycles. The Hall–Kier alpha value is -1.13. The molecule has 0 aliphatic heterocycles. The molecule has 0 unspecified atom stereocenters. The van der Waals surface area contributed by atoms with Gasteiger partial charge in [0.15, 0.2) is 0 Å². The van der Waals surface area contributed by atoms with Gasteiger partial charge in [0.1, 0.15) is 4.99 Å². The minimum absolute atomic E-state index is 0.0636. The summed E-state index contributed by atoms with van der Waals surface area (Å²) in [4.78, 5) is 2.38. The first-order valence-electron chi connectivity index (χ1n) is 5.55. The summed E-state index contributed by atoms with van der Waals surface area (Å²) in [5.74, 6) is 0. The van der Waals surface area contributed by atoms with Gasteiger partial charge in [-0.1, -0.05) is 23.8 Å². The van der Waals surface area contributed by atoms with E-state index in [1.807, 2.05) is 50.9 Å². The Bertz CT molecular complexity index is 429. The monoisotopic (exact) mass is 252 g/mol. The molecule has 0 aliphatic carbocycles. The molecule has 0 fully saturated rings. The summed E-state index contributed by atoms with van der Waals surface area (Å²) >= 11 is 5.08. The van der Waals surface area contributed by atoms with Gasteiger partial charge in [-0.15, -0.1) is 0 Å². The van der Waals surface area contributed by atoms with Crippen LogP contribution in [0.5, 0.6) is 0 Å². The molecule has 0 atom stereocenters. The van der Waals surface area contributed by atoms with Gasteiger partial charge in [-0.25, -0.2) is 0 Å². The van der Waals surface area contributed by atoms with E-state index in [9.17, 15) is 5.11 Å². The highest BCUT2D eigenvalue weighted by Crippen LogP contribution is 2.26. The van der Waals surface area contributed by atoms with Gasteiger partial charge in [-0.05, 0) is 32.9 Å². The van der Waals surface area contributed by atoms with Crippen LogP contribution in [0.2, 0.25) is 0 Å². The van der Waals surface area contributed by atoms with Crippen molar-refractivity contribution in [3.8, 4) is 0 Å². The number of thiocarbonyl (C=S) groups is 1. The van der Waals surface area contributed by atoms with Gasteiger partial charge in [0.05, 0.1) is 12.1 Å². The number of aliphatic hydroxyl groups is 1. The third-order valence-electron chi connectivity index (χ3n) is 3.07. The summed E-state index contributed by atoms with van der Waals surface area (Å²) in [6.07, 6.45) is 0. The van der Waals surface area contributed by atoms with E-state index < -0.39 is 0 Å². The fourth-order valence-electron chi connectivity index (χ4n) is 1.57. The van der Waals surface area contributed by atoms with Gasteiger partial charge in [0.2, 0.25) is 0 Å². The number of aryl methyl sites for hydroxylation is 1. The van der Waals surface area contributed by atoms with Gasteiger partial charge >= 0.3 is 0 Å². The van der Waals surface area contributed by atoms with Crippen LogP contribution in [0, 0.1) is 6.92 Å². The zero-order valence-corrected chi connectivity index (χ0v) is 11.6. The maximum atomic E-state index is 9.40. The van der Waals surface area contributed by atoms with Crippen molar-refractivity contribution in [1.82, 2.24) is 0 Å². The molecule has 0 saturated carbocycles. The lowest BCUT2D eigenvalue weighted by Crippen LogP contribution is -2.45. The zero-order chi connectivity index (χ0) is 13.2. The van der Waals surface area contributed by atoms with E-state index in [4.69, 9.17) is 18.0 Å². The van der Waals surface area contributed by atoms with Crippen LogP contribution in [0.3, 0.4) is 0 Å². The maximum absolute atomic E-state index is 9.40. The van der Waals surface area contributed by atoms with Gasteiger partial charge in [0, 0.05) is 18.3 Å². The Morgan fingerprint density at radius 3 is 2.53 bits per heavy atom. The third-order valence-corrected chi connectivity index (χ3v) is 3.29. The van der Waals surface area contributed by atoms with Crippen LogP contribution in [0.1, 0.15) is 25.0 Å². The summed E-state index contributed by atoms with van der Waals surface area (Å²) < 4.78 is 0. The number of rotatable bonds is 4. The third kappa shape index (κ3) is 2.96. The van der Waals surface area contributed by atoms with Crippen molar-refractivity contribution >= 4 is 22.9 Å². The molecule has 0 aliphatic rings. The lowest BCUT2D eigenvalue weighted by atomic mass is 10.0. The normalized spacial score (nSPS) is 11.4. The van der Waals surface area contributed by atoms with Gasteiger partial charge in [-0.2, -0.15) is 0 Å². The van der Waals surface area contributed by atoms with E-state index in [0.717, 1.165) is 16.8 Å². The molecule has 0 bridgehead atoms. The van der Waals surface area contributed by atoms with Crippen molar-refractivity contribution < 1.29 is 5.11 Å². The van der Waals surface area contributed by atoms with E-state index in [-0.39, 0.29) is 12.1 Å². The Labute approximate surface area is 108 Å². The molecule has 1 rings (SSSR count). The minimum atomic E-state index is -0.352. The SMILES string of the molecule is Cc1ccc(N(C)C(C)(C)CO)c(C(N)=S)c1. The lowest BCUT2D eigenvalue weighted by Gasteiger charge is -2.37. The van der Waals surface area contributed by atoms with E-state index in [1.165, 1.54) is 0 Å². The average Bonchev–Trinajstić information content (AvgIpc) is 2.28. The summed E-state index contributed by atoms with van der Waals surface area (Å²) in [6, 6.07) is 5.98. The second kappa shape index (κ2) is 5.02. The molecule has 0 radical (unpaired) electrons. The Morgan fingerprint density at radius 1 is 1.47 bits per heavy atom. The highest BCUT2D eigenvalue weighted by molar-refractivity contribution is 7.80. The Morgan fingerprint density at radius 2 is 2.06 bits per heavy atom. The molecule has 0 heterocycles. The second-order valence-electron chi connectivity index (χ2n) is 4.91. The van der Waals surface area contributed by atoms with Gasteiger partial charge in [-0.3, -0.25) is 0 Å². The summed E-state index contributed by atoms with van der Waals surface area (Å²) in [5.41, 5.74) is 8.31. The van der Waals surface area contributed by atoms with Crippen molar-refractivity contribution in [2.45, 2.75) is 26.3 Å². The van der Waals surface area contributed by atoms with Crippen LogP contribution in [-0.2, 0) is 0 Å². The van der Waals surface area contributed by atoms with Crippen molar-refractivity contribution in [3.05, 3.63) is 29.3 Å². The quantitative estimate of drug-likeness (QED) is 0.803. The molecular formula is C13H20N2OS. The fourth-order valence-corrected chi connectivity index (χ4v) is 1.74. The number of likely N-dealkylation sites (N-methyl/N-ethyl adjacent to an activating group) is 1. The zero-order valence-electron chi connectivity index (χ0n) is 10.8. The molecule has 94 valence electrons. The fraction of sp³-hybridized carbons (Fsp3) is 0.462. The molecule has 3 nitrogen and oxygen atoms in total. The summed E-state index contributed by atoms with van der Waals surface area (Å²) in [6.45, 7) is 6.00. The first-order valence-corrected chi connectivity index (χ1v) is 5.95. The first-order chi connectivity index (χ1) is 7.79. The van der Waals surface area contributed by atoms with Crippen LogP contribution in [0.4, 0.5) is 5.69 Å². The molecule has 1 aromatic rings. The molecule has 0 aromatic heterocycles. The first kappa shape index (κ1) is 13.9. The molecule has 4 heteroatoms. The van der Waals surface area contributed by atoms with Crippen LogP contribution in [0.25, 0.3) is 0 Å². The number of hydrogen-bond donors (Lipinski definition) is 2. The Kier molecular flexibility index (Phi) is 4.11. The number of nitrogens with two attached hydrogens (primary N) is 1. The van der Waals surface area contributed by atoms with Crippen molar-refractivity contribution in [1.29, 1.82) is 0 Å². The highest BCUT2D eigenvalue weighted by Gasteiger charge is 2.24. The Balaban J connectivity index is 3.26. The number of nitrogens with zero attached hydrogens (tertiary/aromatic N) is 1. The standard InChI is InChI=1S/C13H20N2OS/c1-9-5-6-11(10(7-9)12(14)17)15(4)13(2,3)8-16/h5-7,16H,8H2,1-4H3,(H2,14,17). The largest absolute Gasteiger partial charge is 0.394 e. The predicted octanol–water partition coefficient (Wildman–Crippen LogP) is 1.84. The average molecular weight is 252 g/mol. The predicted molar refractivity (Wildman–Crippen MR) is 76.6 cm³/mol. The molecule has 17 heavy (non-hydrogen) atoms. The lowest BCUT2D eigenvalue weighted by molar-refractivity contribution is 0.216. The van der Waals surface area contributed by atoms with E-state index >= 15 is 0 Å². The molecule has 0 spiro atoms. The highest BCUT2D eigenvalue weighted by atomic mass is 32.1. The molecule has 3 N–H and O–H groups in total. The van der Waals surface area contributed by atoms with Crippen molar-refractivity contribution in [3.63, 3.8) is 0 Å².